The van der Waals surface area contributed by atoms with Crippen LogP contribution in [0.4, 0.5) is 0 Å². The molecule has 23 heteroatoms. The Kier molecular flexibility index (Phi) is 25.1. The minimum Gasteiger partial charge on any atom is -0.496 e. The van der Waals surface area contributed by atoms with Crippen molar-refractivity contribution >= 4 is 28.2 Å². The van der Waals surface area contributed by atoms with Crippen LogP contribution in [0.2, 0.25) is 0 Å². The van der Waals surface area contributed by atoms with Crippen molar-refractivity contribution in [3.63, 3.8) is 0 Å². The topological polar surface area (TPSA) is 295 Å². The van der Waals surface area contributed by atoms with Crippen molar-refractivity contribution in [2.75, 3.05) is 7.11 Å². The molecule has 0 aliphatic heterocycles. The number of thiophene rings is 1. The third-order valence-electron chi connectivity index (χ3n) is 9.79. The van der Waals surface area contributed by atoms with E-state index in [0.717, 1.165) is 44.2 Å². The van der Waals surface area contributed by atoms with Gasteiger partial charge in [0.25, 0.3) is 17.7 Å². The van der Waals surface area contributed by atoms with Gasteiger partial charge in [-0.05, 0) is 73.8 Å². The number of ether oxygens (including phenoxy) is 1. The van der Waals surface area contributed by atoms with Crippen molar-refractivity contribution in [2.24, 2.45) is 0 Å². The summed E-state index contributed by atoms with van der Waals surface area (Å²) in [4.78, 5) is 31.7. The maximum Gasteiger partial charge on any atom is 0.267 e. The molecule has 0 atom stereocenters. The molecule has 0 radical (unpaired) electrons. The van der Waals surface area contributed by atoms with Crippen LogP contribution < -0.4 is 10.9 Å². The van der Waals surface area contributed by atoms with Crippen molar-refractivity contribution in [3.05, 3.63) is 199 Å². The van der Waals surface area contributed by atoms with Crippen LogP contribution in [0.25, 0.3) is 67.8 Å². The quantitative estimate of drug-likeness (QED) is 0.155. The Balaban J connectivity index is 0.000000176. The molecule has 424 valence electrons. The van der Waals surface area contributed by atoms with Crippen LogP contribution in [-0.2, 0) is 4.79 Å². The zero-order valence-corrected chi connectivity index (χ0v) is 48.9. The number of thioether (sulfide) groups is 1. The molecule has 0 aliphatic rings. The summed E-state index contributed by atoms with van der Waals surface area (Å²) in [6.45, 7) is 18.4. The number of para-hydroxylation sites is 1. The predicted molar refractivity (Wildman–Crippen MR) is 314 cm³/mol. The first-order valence-corrected chi connectivity index (χ1v) is 26.6. The normalized spacial score (nSPS) is 10.1. The van der Waals surface area contributed by atoms with E-state index in [0.29, 0.717) is 64.6 Å². The Morgan fingerprint density at radius 1 is 0.524 bits per heavy atom. The number of rotatable bonds is 7. The summed E-state index contributed by atoms with van der Waals surface area (Å²) in [5.41, 5.74) is 4.67. The van der Waals surface area contributed by atoms with Gasteiger partial charge in [0.1, 0.15) is 5.75 Å². The number of oxazole rings is 1. The van der Waals surface area contributed by atoms with Gasteiger partial charge in [0.05, 0.1) is 23.7 Å². The highest BCUT2D eigenvalue weighted by atomic mass is 32.2. The average molecular weight is 1150 g/mol. The van der Waals surface area contributed by atoms with E-state index in [9.17, 15) is 4.79 Å². The molecule has 0 aliphatic carbocycles. The molecule has 0 fully saturated rings. The van der Waals surface area contributed by atoms with E-state index in [1.165, 1.54) is 11.8 Å². The largest absolute Gasteiger partial charge is 0.496 e. The number of aromatic nitrogens is 12. The number of methoxy groups -OCH3 is 1. The fourth-order valence-corrected chi connectivity index (χ4v) is 7.96. The second kappa shape index (κ2) is 32.5. The van der Waals surface area contributed by atoms with Gasteiger partial charge in [0.2, 0.25) is 29.4 Å². The Hall–Kier alpha value is -9.58. The Bertz CT molecular complexity index is 3370. The second-order valence-corrected chi connectivity index (χ2v) is 20.6. The smallest absolute Gasteiger partial charge is 0.267 e. The monoisotopic (exact) mass is 1150 g/mol. The highest BCUT2D eigenvalue weighted by Gasteiger charge is 2.13. The van der Waals surface area contributed by atoms with Crippen LogP contribution in [-0.4, -0.2) is 77.8 Å². The summed E-state index contributed by atoms with van der Waals surface area (Å²) in [6.07, 6.45) is 5.14. The second-order valence-electron chi connectivity index (χ2n) is 17.6. The van der Waals surface area contributed by atoms with Crippen molar-refractivity contribution < 1.29 is 36.4 Å². The summed E-state index contributed by atoms with van der Waals surface area (Å²) in [5, 5.41) is 28.7. The van der Waals surface area contributed by atoms with Crippen LogP contribution >= 0.6 is 23.1 Å². The Morgan fingerprint density at radius 2 is 1.07 bits per heavy atom. The molecule has 12 aromatic rings. The van der Waals surface area contributed by atoms with Gasteiger partial charge in [-0.3, -0.25) is 9.78 Å². The van der Waals surface area contributed by atoms with Crippen LogP contribution in [0.15, 0.2) is 190 Å². The van der Waals surface area contributed by atoms with Gasteiger partial charge in [0, 0.05) is 74.0 Å². The molecule has 0 amide bonds. The van der Waals surface area contributed by atoms with Gasteiger partial charge in [0.15, 0.2) is 28.4 Å². The Labute approximate surface area is 482 Å². The van der Waals surface area contributed by atoms with E-state index in [4.69, 9.17) is 31.6 Å². The molecule has 21 nitrogen and oxygen atoms in total. The molecule has 3 N–H and O–H groups in total. The lowest BCUT2D eigenvalue weighted by molar-refractivity contribution is -0.109. The van der Waals surface area contributed by atoms with E-state index in [-0.39, 0.29) is 16.0 Å². The van der Waals surface area contributed by atoms with Crippen molar-refractivity contribution in [2.45, 2.75) is 74.0 Å². The SMILES string of the molecule is CC(=O)SC(C)(C)C.COc1ccccc1-c1nnc(C)o1.Cc1nc(-c2cccnc2)no1.Cc1ncc(-c2ccccc2)o1.Cc1nnc(-c2ccccc2)o1.Cc1noc(-c2ccccc2)n1.Cc1noc(-c2cccs2)n1.N. The minimum atomic E-state index is 0. The molecule has 12 rings (SSSR count). The lowest BCUT2D eigenvalue weighted by atomic mass is 10.2. The molecule has 0 spiro atoms. The van der Waals surface area contributed by atoms with Gasteiger partial charge in [-0.15, -0.1) is 31.7 Å². The fraction of sp³-hybridized carbons (Fsp3) is 0.203. The number of carbonyl (C=O) groups is 1. The molecule has 4 aromatic carbocycles. The molecular formula is C59H63N13O8S2. The number of carbonyl (C=O) groups excluding carboxylic acids is 1. The lowest BCUT2D eigenvalue weighted by Crippen LogP contribution is -2.09. The Morgan fingerprint density at radius 3 is 1.51 bits per heavy atom. The highest BCUT2D eigenvalue weighted by molar-refractivity contribution is 8.14. The summed E-state index contributed by atoms with van der Waals surface area (Å²) in [6, 6.07) is 44.5. The number of benzene rings is 4. The van der Waals surface area contributed by atoms with Crippen molar-refractivity contribution in [1.29, 1.82) is 0 Å². The van der Waals surface area contributed by atoms with Gasteiger partial charge in [-0.2, -0.15) is 15.0 Å². The van der Waals surface area contributed by atoms with Crippen molar-refractivity contribution in [1.82, 2.24) is 66.9 Å². The molecule has 0 saturated heterocycles. The number of hydrogen-bond donors (Lipinski definition) is 1. The van der Waals surface area contributed by atoms with E-state index >= 15 is 0 Å². The maximum absolute atomic E-state index is 10.4. The van der Waals surface area contributed by atoms with Gasteiger partial charge in [-0.25, -0.2) is 4.98 Å². The molecule has 8 aromatic heterocycles. The average Bonchev–Trinajstić information content (AvgIpc) is 4.37. The third-order valence-corrected chi connectivity index (χ3v) is 11.6. The van der Waals surface area contributed by atoms with Gasteiger partial charge < -0.3 is 37.7 Å². The zero-order chi connectivity index (χ0) is 58.0. The summed E-state index contributed by atoms with van der Waals surface area (Å²) >= 11 is 2.97. The van der Waals surface area contributed by atoms with E-state index in [2.05, 4.69) is 60.8 Å². The van der Waals surface area contributed by atoms with Gasteiger partial charge in [-0.1, -0.05) is 133 Å². The van der Waals surface area contributed by atoms with Crippen LogP contribution in [0.3, 0.4) is 0 Å². The molecule has 0 unspecified atom stereocenters. The summed E-state index contributed by atoms with van der Waals surface area (Å²) in [5.74, 6) is 8.13. The molecule has 8 heterocycles. The first kappa shape index (κ1) is 63.3. The van der Waals surface area contributed by atoms with Crippen LogP contribution in [0, 0.1) is 41.5 Å². The minimum absolute atomic E-state index is 0. The van der Waals surface area contributed by atoms with E-state index < -0.39 is 0 Å². The molecular weight excluding hydrogens is 1080 g/mol. The predicted octanol–water partition coefficient (Wildman–Crippen LogP) is 14.6. The lowest BCUT2D eigenvalue weighted by Gasteiger charge is -2.13. The number of aryl methyl sites for hydroxylation is 6. The van der Waals surface area contributed by atoms with E-state index in [1.807, 2.05) is 173 Å². The van der Waals surface area contributed by atoms with E-state index in [1.54, 1.807) is 78.6 Å². The summed E-state index contributed by atoms with van der Waals surface area (Å²) in [7, 11) is 1.61. The van der Waals surface area contributed by atoms with Gasteiger partial charge >= 0.3 is 0 Å². The standard InChI is InChI=1S/C10H10N2O2.C10H9NO.2C9H8N2O.C8H7N3O.C7H6N2OS.C6H12OS.H3N/c1-7-11-12-10(14-7)8-5-3-4-6-9(8)13-2;1-8-11-7-10(12-8)9-5-3-2-4-6-9;1-7-10-11-9(12-7)8-5-3-2-4-6-8;1-7-10-9(12-11-7)8-5-3-2-4-6-8;1-6-10-8(11-12-6)7-3-2-4-9-5-7;1-5-8-7(10-9-5)6-3-2-4-11-6;1-5(7)8-6(2,3)4;/h3-6H,1-2H3;2-7H,1H3;2*2-6H,1H3;2-5H,1H3;2-4H,1H3;1-4H3;1H3. The molecule has 0 bridgehead atoms. The first-order chi connectivity index (χ1) is 39.0. The molecule has 0 saturated carbocycles. The molecule has 82 heavy (non-hydrogen) atoms. The van der Waals surface area contributed by atoms with Crippen LogP contribution in [0.5, 0.6) is 5.75 Å². The zero-order valence-electron chi connectivity index (χ0n) is 47.2. The number of nitrogens with zero attached hydrogens (tertiary/aromatic N) is 12. The van der Waals surface area contributed by atoms with Crippen molar-refractivity contribution in [3.8, 4) is 73.6 Å². The summed E-state index contributed by atoms with van der Waals surface area (Å²) < 4.78 is 36.0. The third kappa shape index (κ3) is 21.6. The maximum atomic E-state index is 10.4. The van der Waals surface area contributed by atoms with Crippen LogP contribution in [0.1, 0.15) is 62.9 Å². The fourth-order valence-electron chi connectivity index (χ4n) is 6.45. The number of hydrogen-bond acceptors (Lipinski definition) is 23. The first-order valence-electron chi connectivity index (χ1n) is 24.9. The number of pyridine rings is 1. The highest BCUT2D eigenvalue weighted by Crippen LogP contribution is 2.28.